The van der Waals surface area contributed by atoms with Gasteiger partial charge in [0.2, 0.25) is 11.8 Å². The molecule has 124 valence electrons. The number of amides is 2. The Labute approximate surface area is 131 Å². The number of esters is 1. The van der Waals surface area contributed by atoms with Gasteiger partial charge in [0.25, 0.3) is 0 Å². The van der Waals surface area contributed by atoms with E-state index in [1.165, 1.54) is 20.0 Å². The van der Waals surface area contributed by atoms with Crippen LogP contribution in [0.4, 0.5) is 0 Å². The van der Waals surface area contributed by atoms with Crippen molar-refractivity contribution in [2.45, 2.75) is 64.0 Å². The van der Waals surface area contributed by atoms with E-state index in [-0.39, 0.29) is 30.2 Å². The first-order valence-corrected chi connectivity index (χ1v) is 8.20. The number of methoxy groups -OCH3 is 1. The van der Waals surface area contributed by atoms with Gasteiger partial charge in [0.05, 0.1) is 13.0 Å². The topological polar surface area (TPSA) is 75.7 Å². The fraction of sp³-hybridized carbons (Fsp3) is 0.812. The van der Waals surface area contributed by atoms with E-state index in [4.69, 9.17) is 0 Å². The number of hydrogen-bond acceptors (Lipinski definition) is 4. The van der Waals surface area contributed by atoms with Gasteiger partial charge in [-0.1, -0.05) is 25.7 Å². The first-order valence-electron chi connectivity index (χ1n) is 8.20. The fourth-order valence-electron chi connectivity index (χ4n) is 3.40. The van der Waals surface area contributed by atoms with Gasteiger partial charge in [0, 0.05) is 19.0 Å². The van der Waals surface area contributed by atoms with E-state index in [2.05, 4.69) is 10.1 Å². The van der Waals surface area contributed by atoms with Gasteiger partial charge < -0.3 is 15.0 Å². The van der Waals surface area contributed by atoms with Crippen molar-refractivity contribution < 1.29 is 19.1 Å². The molecular weight excluding hydrogens is 284 g/mol. The molecule has 2 atom stereocenters. The third-order valence-electron chi connectivity index (χ3n) is 4.71. The minimum atomic E-state index is -0.681. The SMILES string of the molecule is COC(=O)[C@H](C)NC(=O)[C@@H]1CC(=O)N(C2CCCCCC2)C1. The van der Waals surface area contributed by atoms with Crippen LogP contribution >= 0.6 is 0 Å². The molecule has 0 bridgehead atoms. The lowest BCUT2D eigenvalue weighted by Gasteiger charge is -2.27. The number of nitrogens with zero attached hydrogens (tertiary/aromatic N) is 1. The summed E-state index contributed by atoms with van der Waals surface area (Å²) in [6.07, 6.45) is 7.11. The molecule has 2 aliphatic rings. The van der Waals surface area contributed by atoms with Crippen LogP contribution in [0.15, 0.2) is 0 Å². The molecule has 0 spiro atoms. The summed E-state index contributed by atoms with van der Waals surface area (Å²) < 4.78 is 4.60. The molecular formula is C16H26N2O4. The highest BCUT2D eigenvalue weighted by atomic mass is 16.5. The summed E-state index contributed by atoms with van der Waals surface area (Å²) in [5.41, 5.74) is 0. The molecule has 1 aliphatic carbocycles. The van der Waals surface area contributed by atoms with Crippen molar-refractivity contribution in [3.8, 4) is 0 Å². The predicted molar refractivity (Wildman–Crippen MR) is 80.9 cm³/mol. The number of hydrogen-bond donors (Lipinski definition) is 1. The number of carbonyl (C=O) groups excluding carboxylic acids is 3. The van der Waals surface area contributed by atoms with Crippen LogP contribution in [0.1, 0.15) is 51.9 Å². The molecule has 2 amide bonds. The molecule has 6 heteroatoms. The van der Waals surface area contributed by atoms with Gasteiger partial charge in [-0.2, -0.15) is 0 Å². The molecule has 0 aromatic carbocycles. The molecule has 0 aromatic heterocycles. The summed E-state index contributed by atoms with van der Waals surface area (Å²) in [6.45, 7) is 2.06. The maximum atomic E-state index is 12.2. The van der Waals surface area contributed by atoms with Crippen molar-refractivity contribution >= 4 is 17.8 Å². The summed E-state index contributed by atoms with van der Waals surface area (Å²) in [7, 11) is 1.29. The standard InChI is InChI=1S/C16H26N2O4/c1-11(16(21)22-2)17-15(20)12-9-14(19)18(10-12)13-7-5-3-4-6-8-13/h11-13H,3-10H2,1-2H3,(H,17,20)/t11-,12+/m0/s1. The van der Waals surface area contributed by atoms with Gasteiger partial charge >= 0.3 is 5.97 Å². The van der Waals surface area contributed by atoms with Gasteiger partial charge in [-0.25, -0.2) is 4.79 Å². The molecule has 2 fully saturated rings. The van der Waals surface area contributed by atoms with Crippen molar-refractivity contribution in [2.24, 2.45) is 5.92 Å². The first-order chi connectivity index (χ1) is 10.5. The summed E-state index contributed by atoms with van der Waals surface area (Å²) >= 11 is 0. The second-order valence-corrected chi connectivity index (χ2v) is 6.35. The molecule has 2 rings (SSSR count). The van der Waals surface area contributed by atoms with Crippen LogP contribution in [0.2, 0.25) is 0 Å². The maximum absolute atomic E-state index is 12.2. The molecule has 0 radical (unpaired) electrons. The Hall–Kier alpha value is -1.59. The molecule has 0 unspecified atom stereocenters. The van der Waals surface area contributed by atoms with Crippen molar-refractivity contribution in [3.05, 3.63) is 0 Å². The minimum Gasteiger partial charge on any atom is -0.467 e. The first kappa shape index (κ1) is 16.8. The molecule has 22 heavy (non-hydrogen) atoms. The number of ether oxygens (including phenoxy) is 1. The highest BCUT2D eigenvalue weighted by Crippen LogP contribution is 2.28. The van der Waals surface area contributed by atoms with Crippen LogP contribution in [-0.4, -0.2) is 48.4 Å². The summed E-state index contributed by atoms with van der Waals surface area (Å²) in [6, 6.07) is -0.398. The van der Waals surface area contributed by atoms with E-state index in [9.17, 15) is 14.4 Å². The van der Waals surface area contributed by atoms with E-state index in [0.717, 1.165) is 25.7 Å². The lowest BCUT2D eigenvalue weighted by atomic mass is 10.1. The lowest BCUT2D eigenvalue weighted by Crippen LogP contribution is -2.43. The number of nitrogens with one attached hydrogen (secondary N) is 1. The average Bonchev–Trinajstić information content (AvgIpc) is 2.73. The van der Waals surface area contributed by atoms with Gasteiger partial charge in [0.15, 0.2) is 0 Å². The van der Waals surface area contributed by atoms with Crippen molar-refractivity contribution in [1.82, 2.24) is 10.2 Å². The molecule has 1 N–H and O–H groups in total. The number of rotatable bonds is 4. The Morgan fingerprint density at radius 1 is 1.23 bits per heavy atom. The highest BCUT2D eigenvalue weighted by Gasteiger charge is 2.38. The van der Waals surface area contributed by atoms with Crippen molar-refractivity contribution in [2.75, 3.05) is 13.7 Å². The zero-order valence-corrected chi connectivity index (χ0v) is 13.5. The predicted octanol–water partition coefficient (Wildman–Crippen LogP) is 1.24. The van der Waals surface area contributed by atoms with Gasteiger partial charge in [0.1, 0.15) is 6.04 Å². The van der Waals surface area contributed by atoms with E-state index in [1.807, 2.05) is 4.90 Å². The van der Waals surface area contributed by atoms with Crippen molar-refractivity contribution in [3.63, 3.8) is 0 Å². The van der Waals surface area contributed by atoms with Gasteiger partial charge in [-0.15, -0.1) is 0 Å². The molecule has 1 saturated heterocycles. The molecule has 1 heterocycles. The van der Waals surface area contributed by atoms with Crippen LogP contribution in [0.25, 0.3) is 0 Å². The number of likely N-dealkylation sites (tertiary alicyclic amines) is 1. The fourth-order valence-corrected chi connectivity index (χ4v) is 3.40. The second kappa shape index (κ2) is 7.61. The Kier molecular flexibility index (Phi) is 5.80. The zero-order valence-electron chi connectivity index (χ0n) is 13.5. The summed E-state index contributed by atoms with van der Waals surface area (Å²) in [4.78, 5) is 37.7. The average molecular weight is 310 g/mol. The Morgan fingerprint density at radius 3 is 2.45 bits per heavy atom. The number of carbonyl (C=O) groups is 3. The third kappa shape index (κ3) is 3.99. The van der Waals surface area contributed by atoms with Crippen molar-refractivity contribution in [1.29, 1.82) is 0 Å². The lowest BCUT2D eigenvalue weighted by molar-refractivity contribution is -0.145. The van der Waals surface area contributed by atoms with E-state index < -0.39 is 12.0 Å². The van der Waals surface area contributed by atoms with Crippen LogP contribution in [0.5, 0.6) is 0 Å². The maximum Gasteiger partial charge on any atom is 0.328 e. The van der Waals surface area contributed by atoms with Crippen LogP contribution in [-0.2, 0) is 19.1 Å². The highest BCUT2D eigenvalue weighted by molar-refractivity contribution is 5.91. The quantitative estimate of drug-likeness (QED) is 0.626. The molecule has 1 aliphatic heterocycles. The Bertz CT molecular complexity index is 430. The summed E-state index contributed by atoms with van der Waals surface area (Å²) in [5.74, 6) is -0.999. The Morgan fingerprint density at radius 2 is 1.86 bits per heavy atom. The van der Waals surface area contributed by atoms with E-state index in [0.29, 0.717) is 6.54 Å². The molecule has 0 aromatic rings. The van der Waals surface area contributed by atoms with E-state index >= 15 is 0 Å². The monoisotopic (exact) mass is 310 g/mol. The van der Waals surface area contributed by atoms with E-state index in [1.54, 1.807) is 6.92 Å². The largest absolute Gasteiger partial charge is 0.467 e. The normalized spacial score (nSPS) is 24.7. The second-order valence-electron chi connectivity index (χ2n) is 6.35. The van der Waals surface area contributed by atoms with Gasteiger partial charge in [-0.05, 0) is 19.8 Å². The summed E-state index contributed by atoms with van der Waals surface area (Å²) in [5, 5.41) is 2.64. The third-order valence-corrected chi connectivity index (χ3v) is 4.71. The zero-order chi connectivity index (χ0) is 16.1. The van der Waals surface area contributed by atoms with Crippen LogP contribution in [0, 0.1) is 5.92 Å². The minimum absolute atomic E-state index is 0.0674. The van der Waals surface area contributed by atoms with Gasteiger partial charge in [-0.3, -0.25) is 9.59 Å². The smallest absolute Gasteiger partial charge is 0.328 e. The molecule has 6 nitrogen and oxygen atoms in total. The Balaban J connectivity index is 1.90. The van der Waals surface area contributed by atoms with Crippen LogP contribution in [0.3, 0.4) is 0 Å². The molecule has 1 saturated carbocycles. The van der Waals surface area contributed by atoms with Crippen LogP contribution < -0.4 is 5.32 Å².